The number of alkyl carbamates (subject to hydrolysis) is 1. The van der Waals surface area contributed by atoms with Crippen LogP contribution < -0.4 is 20.5 Å². The van der Waals surface area contributed by atoms with E-state index in [1.165, 1.54) is 4.90 Å². The Kier molecular flexibility index (Phi) is 6.55. The fourth-order valence-electron chi connectivity index (χ4n) is 3.81. The van der Waals surface area contributed by atoms with Crippen LogP contribution in [0, 0.1) is 0 Å². The molecule has 11 heteroatoms. The number of aromatic nitrogens is 1. The predicted molar refractivity (Wildman–Crippen MR) is 121 cm³/mol. The number of fused-ring (bicyclic) bond motifs is 1. The summed E-state index contributed by atoms with van der Waals surface area (Å²) in [6.07, 6.45) is 0.838. The third-order valence-corrected chi connectivity index (χ3v) is 6.57. The van der Waals surface area contributed by atoms with Crippen molar-refractivity contribution in [2.75, 3.05) is 0 Å². The Balaban J connectivity index is 1.34. The van der Waals surface area contributed by atoms with Crippen molar-refractivity contribution in [1.82, 2.24) is 20.5 Å². The molecule has 0 radical (unpaired) electrons. The Bertz CT molecular complexity index is 1320. The number of benzene rings is 1. The SMILES string of the molecule is C=C/C(F)=c1/sc(COC(=O)NCc2ccc3c(c2)C(=O)N(C2CCC(=O)NC2=O)C3)nc1=C. The molecule has 4 amide bonds. The molecule has 1 atom stereocenters. The van der Waals surface area contributed by atoms with Crippen LogP contribution in [0.1, 0.15) is 39.3 Å². The fraction of sp³-hybridized carbons (Fsp3) is 0.261. The highest BCUT2D eigenvalue weighted by atomic mass is 32.1. The number of nitrogens with one attached hydrogen (secondary N) is 2. The van der Waals surface area contributed by atoms with E-state index >= 15 is 0 Å². The first-order valence-electron chi connectivity index (χ1n) is 10.4. The van der Waals surface area contributed by atoms with Crippen LogP contribution in [-0.4, -0.2) is 39.7 Å². The normalized spacial score (nSPS) is 18.3. The van der Waals surface area contributed by atoms with Crippen molar-refractivity contribution in [2.45, 2.75) is 38.6 Å². The van der Waals surface area contributed by atoms with E-state index in [1.54, 1.807) is 18.2 Å². The van der Waals surface area contributed by atoms with Crippen molar-refractivity contribution in [3.63, 3.8) is 0 Å². The number of hydrogen-bond acceptors (Lipinski definition) is 7. The second-order valence-electron chi connectivity index (χ2n) is 7.76. The second-order valence-corrected chi connectivity index (χ2v) is 8.84. The van der Waals surface area contributed by atoms with Crippen molar-refractivity contribution in [1.29, 1.82) is 0 Å². The van der Waals surface area contributed by atoms with Crippen molar-refractivity contribution >= 4 is 47.6 Å². The number of nitrogens with zero attached hydrogens (tertiary/aromatic N) is 2. The van der Waals surface area contributed by atoms with E-state index in [9.17, 15) is 23.6 Å². The minimum absolute atomic E-state index is 0.111. The highest BCUT2D eigenvalue weighted by Gasteiger charge is 2.39. The first kappa shape index (κ1) is 23.3. The lowest BCUT2D eigenvalue weighted by molar-refractivity contribution is -0.136. The number of carbonyl (C=O) groups is 4. The van der Waals surface area contributed by atoms with E-state index in [0.717, 1.165) is 23.0 Å². The number of piperidine rings is 1. The quantitative estimate of drug-likeness (QED) is 0.591. The summed E-state index contributed by atoms with van der Waals surface area (Å²) in [5, 5.41) is 5.50. The number of imide groups is 1. The first-order chi connectivity index (χ1) is 16.3. The van der Waals surface area contributed by atoms with Gasteiger partial charge in [-0.1, -0.05) is 25.3 Å². The number of carbonyl (C=O) groups excluding carboxylic acids is 4. The molecule has 0 aliphatic carbocycles. The summed E-state index contributed by atoms with van der Waals surface area (Å²) < 4.78 is 19.0. The van der Waals surface area contributed by atoms with Gasteiger partial charge in [-0.3, -0.25) is 19.7 Å². The maximum atomic E-state index is 13.7. The van der Waals surface area contributed by atoms with Gasteiger partial charge >= 0.3 is 6.09 Å². The van der Waals surface area contributed by atoms with Gasteiger partial charge in [0, 0.05) is 25.1 Å². The van der Waals surface area contributed by atoms with Gasteiger partial charge in [0.2, 0.25) is 11.8 Å². The van der Waals surface area contributed by atoms with Gasteiger partial charge in [-0.05, 0) is 29.7 Å². The molecule has 2 aliphatic rings. The van der Waals surface area contributed by atoms with Gasteiger partial charge < -0.3 is 15.0 Å². The number of thiazole rings is 1. The summed E-state index contributed by atoms with van der Waals surface area (Å²) in [6, 6.07) is 4.53. The zero-order valence-electron chi connectivity index (χ0n) is 18.1. The molecule has 34 heavy (non-hydrogen) atoms. The lowest BCUT2D eigenvalue weighted by atomic mass is 10.0. The van der Waals surface area contributed by atoms with Crippen molar-refractivity contribution in [3.8, 4) is 0 Å². The van der Waals surface area contributed by atoms with Crippen LogP contribution in [0.15, 0.2) is 30.9 Å². The Morgan fingerprint density at radius 3 is 2.91 bits per heavy atom. The molecule has 1 aromatic carbocycles. The average molecular weight is 485 g/mol. The molecule has 176 valence electrons. The van der Waals surface area contributed by atoms with Crippen molar-refractivity contribution in [3.05, 3.63) is 62.4 Å². The summed E-state index contributed by atoms with van der Waals surface area (Å²) in [6.45, 7) is 7.27. The number of halogens is 1. The Morgan fingerprint density at radius 2 is 2.18 bits per heavy atom. The van der Waals surface area contributed by atoms with Crippen LogP contribution in [0.3, 0.4) is 0 Å². The lowest BCUT2D eigenvalue weighted by Gasteiger charge is -2.29. The van der Waals surface area contributed by atoms with Gasteiger partial charge in [-0.2, -0.15) is 0 Å². The van der Waals surface area contributed by atoms with E-state index in [2.05, 4.69) is 28.8 Å². The number of amides is 4. The van der Waals surface area contributed by atoms with Crippen LogP contribution >= 0.6 is 11.3 Å². The summed E-state index contributed by atoms with van der Waals surface area (Å²) in [5.74, 6) is -1.64. The summed E-state index contributed by atoms with van der Waals surface area (Å²) in [4.78, 5) is 54.0. The standard InChI is InChI=1S/C23H21FN4O5S/c1-3-16(24)20-12(2)26-19(34-20)11-33-23(32)25-9-13-4-5-14-10-28(22(31)15(14)8-13)17-6-7-18(29)27-21(17)30/h3-5,8,17H,1-2,6-7,9-11H2,(H,25,32)(H,27,29,30)/b20-16-. The molecule has 1 unspecified atom stereocenters. The fourth-order valence-corrected chi connectivity index (χ4v) is 4.66. The zero-order chi connectivity index (χ0) is 24.4. The summed E-state index contributed by atoms with van der Waals surface area (Å²) in [5.41, 5.74) is 1.90. The van der Waals surface area contributed by atoms with Gasteiger partial charge in [-0.25, -0.2) is 14.2 Å². The van der Waals surface area contributed by atoms with E-state index in [0.29, 0.717) is 22.6 Å². The third-order valence-electron chi connectivity index (χ3n) is 5.49. The van der Waals surface area contributed by atoms with E-state index in [4.69, 9.17) is 4.74 Å². The molecule has 1 fully saturated rings. The van der Waals surface area contributed by atoms with Crippen LogP contribution in [0.25, 0.3) is 12.4 Å². The summed E-state index contributed by atoms with van der Waals surface area (Å²) in [7, 11) is 0. The minimum Gasteiger partial charge on any atom is -0.442 e. The smallest absolute Gasteiger partial charge is 0.407 e. The minimum atomic E-state index is -0.701. The van der Waals surface area contributed by atoms with Crippen molar-refractivity contribution in [2.24, 2.45) is 0 Å². The molecular formula is C23H21FN4O5S. The molecule has 2 aliphatic heterocycles. The molecule has 0 saturated carbocycles. The Hall–Kier alpha value is -3.86. The maximum Gasteiger partial charge on any atom is 0.407 e. The van der Waals surface area contributed by atoms with E-state index < -0.39 is 23.9 Å². The Labute approximate surface area is 197 Å². The van der Waals surface area contributed by atoms with Gasteiger partial charge in [-0.15, -0.1) is 11.3 Å². The van der Waals surface area contributed by atoms with E-state index in [1.807, 2.05) is 0 Å². The van der Waals surface area contributed by atoms with Gasteiger partial charge in [0.05, 0.1) is 9.88 Å². The monoisotopic (exact) mass is 484 g/mol. The lowest BCUT2D eigenvalue weighted by Crippen LogP contribution is -2.52. The van der Waals surface area contributed by atoms with Crippen molar-refractivity contribution < 1.29 is 28.3 Å². The summed E-state index contributed by atoms with van der Waals surface area (Å²) >= 11 is 1.02. The van der Waals surface area contributed by atoms with Gasteiger partial charge in [0.1, 0.15) is 23.5 Å². The van der Waals surface area contributed by atoms with Gasteiger partial charge in [0.25, 0.3) is 5.91 Å². The second kappa shape index (κ2) is 9.56. The largest absolute Gasteiger partial charge is 0.442 e. The molecule has 0 bridgehead atoms. The molecule has 1 saturated heterocycles. The van der Waals surface area contributed by atoms with Crippen LogP contribution in [0.2, 0.25) is 0 Å². The molecule has 9 nitrogen and oxygen atoms in total. The highest BCUT2D eigenvalue weighted by Crippen LogP contribution is 2.28. The molecule has 2 aromatic rings. The van der Waals surface area contributed by atoms with Gasteiger partial charge in [0.15, 0.2) is 0 Å². The Morgan fingerprint density at radius 1 is 1.38 bits per heavy atom. The first-order valence-corrected chi connectivity index (χ1v) is 11.2. The highest BCUT2D eigenvalue weighted by molar-refractivity contribution is 7.09. The molecule has 1 aromatic heterocycles. The maximum absolute atomic E-state index is 13.7. The zero-order valence-corrected chi connectivity index (χ0v) is 18.9. The number of hydrogen-bond donors (Lipinski definition) is 2. The third kappa shape index (κ3) is 4.74. The molecule has 3 heterocycles. The van der Waals surface area contributed by atoms with Crippen LogP contribution in [0.5, 0.6) is 0 Å². The number of ether oxygens (including phenoxy) is 1. The number of allylic oxidation sites excluding steroid dienone is 1. The number of rotatable bonds is 6. The molecular weight excluding hydrogens is 463 g/mol. The molecule has 0 spiro atoms. The topological polar surface area (TPSA) is 118 Å². The van der Waals surface area contributed by atoms with E-state index in [-0.39, 0.29) is 47.8 Å². The average Bonchev–Trinajstić information content (AvgIpc) is 3.35. The predicted octanol–water partition coefficient (Wildman–Crippen LogP) is 1.00. The van der Waals surface area contributed by atoms with Crippen LogP contribution in [-0.2, 0) is 34.0 Å². The molecule has 4 rings (SSSR count). The van der Waals surface area contributed by atoms with Crippen LogP contribution in [0.4, 0.5) is 9.18 Å². The molecule has 2 N–H and O–H groups in total.